The number of hydrogen-bond acceptors (Lipinski definition) is 10. The Labute approximate surface area is 252 Å². The highest BCUT2D eigenvalue weighted by molar-refractivity contribution is 7.17. The highest BCUT2D eigenvalue weighted by atomic mass is 32.1. The molecule has 1 fully saturated rings. The van der Waals surface area contributed by atoms with E-state index < -0.39 is 5.60 Å². The number of anilines is 3. The van der Waals surface area contributed by atoms with Crippen LogP contribution in [-0.2, 0) is 24.2 Å². The molecule has 2 aliphatic rings. The van der Waals surface area contributed by atoms with Gasteiger partial charge in [0.25, 0.3) is 0 Å². The Hall–Kier alpha value is -3.57. The van der Waals surface area contributed by atoms with Crippen LogP contribution in [0.15, 0.2) is 18.2 Å². The van der Waals surface area contributed by atoms with Gasteiger partial charge in [0, 0.05) is 58.3 Å². The third-order valence-corrected chi connectivity index (χ3v) is 8.84. The van der Waals surface area contributed by atoms with Gasteiger partial charge in [-0.05, 0) is 64.7 Å². The van der Waals surface area contributed by atoms with Gasteiger partial charge in [0.05, 0.1) is 16.3 Å². The molecule has 1 amide bonds. The standard InChI is InChI=1S/C31H41N7O3S/c1-19-8-9-23(16-20(19)2)17-36-11-10-24-25(18-36)33-28(35-29-32-21(3)26(42-29)22(4)39)34-27(24)37-12-14-38(15-13-37)30(40)41-31(5,6)7/h8-9,16H,10-15,17-18H2,1-7H3,(H,32,33,34,35). The zero-order valence-electron chi connectivity index (χ0n) is 25.7. The van der Waals surface area contributed by atoms with E-state index in [-0.39, 0.29) is 11.9 Å². The van der Waals surface area contributed by atoms with E-state index in [9.17, 15) is 9.59 Å². The SMILES string of the molecule is CC(=O)c1sc(Nc2nc3c(c(N4CCN(C(=O)OC(C)(C)C)CC4)n2)CCN(Cc2ccc(C)c(C)c2)C3)nc1C. The molecule has 5 rings (SSSR count). The van der Waals surface area contributed by atoms with Crippen molar-refractivity contribution in [3.63, 3.8) is 0 Å². The van der Waals surface area contributed by atoms with Crippen molar-refractivity contribution in [3.05, 3.63) is 56.7 Å². The molecule has 0 radical (unpaired) electrons. The maximum atomic E-state index is 12.7. The van der Waals surface area contributed by atoms with Crippen molar-refractivity contribution in [2.75, 3.05) is 42.9 Å². The zero-order valence-corrected chi connectivity index (χ0v) is 26.5. The first-order valence-electron chi connectivity index (χ1n) is 14.5. The second kappa shape index (κ2) is 12.0. The number of ketones is 1. The van der Waals surface area contributed by atoms with Crippen molar-refractivity contribution in [3.8, 4) is 0 Å². The van der Waals surface area contributed by atoms with Crippen molar-refractivity contribution < 1.29 is 14.3 Å². The highest BCUT2D eigenvalue weighted by Gasteiger charge is 2.30. The number of aryl methyl sites for hydroxylation is 3. The summed E-state index contributed by atoms with van der Waals surface area (Å²) in [6, 6.07) is 6.66. The van der Waals surface area contributed by atoms with E-state index in [1.54, 1.807) is 11.8 Å². The number of rotatable bonds is 6. The van der Waals surface area contributed by atoms with Crippen LogP contribution in [0.5, 0.6) is 0 Å². The quantitative estimate of drug-likeness (QED) is 0.376. The van der Waals surface area contributed by atoms with E-state index in [1.807, 2.05) is 27.7 Å². The number of ether oxygens (including phenoxy) is 1. The number of aromatic nitrogens is 3. The lowest BCUT2D eigenvalue weighted by Gasteiger charge is -2.38. The van der Waals surface area contributed by atoms with Crippen molar-refractivity contribution in [2.45, 2.75) is 73.6 Å². The van der Waals surface area contributed by atoms with Gasteiger partial charge in [0.15, 0.2) is 10.9 Å². The van der Waals surface area contributed by atoms with Crippen LogP contribution in [0.4, 0.5) is 21.7 Å². The minimum absolute atomic E-state index is 0.00468. The lowest BCUT2D eigenvalue weighted by molar-refractivity contribution is 0.0240. The van der Waals surface area contributed by atoms with Gasteiger partial charge in [0.1, 0.15) is 11.4 Å². The number of hydrogen-bond donors (Lipinski definition) is 1. The molecule has 0 spiro atoms. The van der Waals surface area contributed by atoms with Gasteiger partial charge in [-0.25, -0.2) is 14.8 Å². The summed E-state index contributed by atoms with van der Waals surface area (Å²) in [5.74, 6) is 1.36. The summed E-state index contributed by atoms with van der Waals surface area (Å²) in [5, 5.41) is 3.88. The van der Waals surface area contributed by atoms with Crippen LogP contribution < -0.4 is 10.2 Å². The number of benzene rings is 1. The fourth-order valence-corrected chi connectivity index (χ4v) is 6.23. The summed E-state index contributed by atoms with van der Waals surface area (Å²) in [6.07, 6.45) is 0.559. The predicted molar refractivity (Wildman–Crippen MR) is 166 cm³/mol. The summed E-state index contributed by atoms with van der Waals surface area (Å²) in [6.45, 7) is 18.2. The van der Waals surface area contributed by atoms with Gasteiger partial charge in [-0.3, -0.25) is 15.0 Å². The van der Waals surface area contributed by atoms with E-state index in [0.29, 0.717) is 54.4 Å². The summed E-state index contributed by atoms with van der Waals surface area (Å²) in [7, 11) is 0. The molecule has 42 heavy (non-hydrogen) atoms. The van der Waals surface area contributed by atoms with Gasteiger partial charge in [-0.1, -0.05) is 29.5 Å². The van der Waals surface area contributed by atoms with Crippen LogP contribution >= 0.6 is 11.3 Å². The molecule has 4 heterocycles. The summed E-state index contributed by atoms with van der Waals surface area (Å²) < 4.78 is 5.59. The Morgan fingerprint density at radius 1 is 1.00 bits per heavy atom. The first kappa shape index (κ1) is 29.9. The average molecular weight is 592 g/mol. The number of nitrogens with one attached hydrogen (secondary N) is 1. The topological polar surface area (TPSA) is 104 Å². The number of thiazole rings is 1. The van der Waals surface area contributed by atoms with Crippen molar-refractivity contribution >= 4 is 40.1 Å². The fourth-order valence-electron chi connectivity index (χ4n) is 5.38. The number of Topliss-reactive ketones (excluding diaryl/α,β-unsaturated/α-hetero) is 1. The van der Waals surface area contributed by atoms with Crippen LogP contribution in [0.25, 0.3) is 0 Å². The average Bonchev–Trinajstić information content (AvgIpc) is 3.29. The van der Waals surface area contributed by atoms with Crippen LogP contribution in [0, 0.1) is 20.8 Å². The second-order valence-electron chi connectivity index (χ2n) is 12.2. The maximum Gasteiger partial charge on any atom is 0.410 e. The van der Waals surface area contributed by atoms with Crippen LogP contribution in [0.2, 0.25) is 0 Å². The Morgan fingerprint density at radius 3 is 2.38 bits per heavy atom. The molecule has 2 aromatic heterocycles. The van der Waals surface area contributed by atoms with Crippen LogP contribution in [0.1, 0.15) is 71.0 Å². The maximum absolute atomic E-state index is 12.7. The minimum Gasteiger partial charge on any atom is -0.444 e. The largest absolute Gasteiger partial charge is 0.444 e. The van der Waals surface area contributed by atoms with Crippen LogP contribution in [0.3, 0.4) is 0 Å². The molecule has 11 heteroatoms. The first-order valence-corrected chi connectivity index (χ1v) is 15.3. The molecular weight excluding hydrogens is 550 g/mol. The molecule has 0 atom stereocenters. The molecule has 0 unspecified atom stereocenters. The Balaban J connectivity index is 1.40. The summed E-state index contributed by atoms with van der Waals surface area (Å²) in [5.41, 5.74) is 6.21. The fraction of sp³-hybridized carbons (Fsp3) is 0.516. The molecule has 0 saturated carbocycles. The molecular formula is C31H41N7O3S. The molecule has 2 aliphatic heterocycles. The Morgan fingerprint density at radius 2 is 1.74 bits per heavy atom. The molecule has 224 valence electrons. The van der Waals surface area contributed by atoms with Crippen molar-refractivity contribution in [2.24, 2.45) is 0 Å². The van der Waals surface area contributed by atoms with E-state index in [4.69, 9.17) is 14.7 Å². The van der Waals surface area contributed by atoms with Gasteiger partial charge in [-0.15, -0.1) is 0 Å². The lowest BCUT2D eigenvalue weighted by atomic mass is 10.0. The molecule has 10 nitrogen and oxygen atoms in total. The molecule has 3 aromatic rings. The van der Waals surface area contributed by atoms with E-state index >= 15 is 0 Å². The molecule has 0 aliphatic carbocycles. The monoisotopic (exact) mass is 591 g/mol. The van der Waals surface area contributed by atoms with Crippen molar-refractivity contribution in [1.29, 1.82) is 0 Å². The van der Waals surface area contributed by atoms with Crippen molar-refractivity contribution in [1.82, 2.24) is 24.8 Å². The smallest absolute Gasteiger partial charge is 0.410 e. The van der Waals surface area contributed by atoms with Gasteiger partial charge in [-0.2, -0.15) is 4.98 Å². The van der Waals surface area contributed by atoms with E-state index in [2.05, 4.69) is 52.1 Å². The lowest BCUT2D eigenvalue weighted by Crippen LogP contribution is -2.50. The Kier molecular flexibility index (Phi) is 8.52. The first-order chi connectivity index (χ1) is 19.9. The van der Waals surface area contributed by atoms with Gasteiger partial charge < -0.3 is 14.5 Å². The van der Waals surface area contributed by atoms with Crippen LogP contribution in [-0.4, -0.2) is 75.0 Å². The number of piperazine rings is 1. The molecule has 0 bridgehead atoms. The molecule has 1 aromatic carbocycles. The number of fused-ring (bicyclic) bond motifs is 1. The zero-order chi connectivity index (χ0) is 30.2. The predicted octanol–water partition coefficient (Wildman–Crippen LogP) is 5.42. The number of nitrogens with zero attached hydrogens (tertiary/aromatic N) is 6. The van der Waals surface area contributed by atoms with E-state index in [1.165, 1.54) is 28.0 Å². The normalized spacial score (nSPS) is 15.9. The Bertz CT molecular complexity index is 1490. The number of carbonyl (C=O) groups excluding carboxylic acids is 2. The highest BCUT2D eigenvalue weighted by Crippen LogP contribution is 2.32. The van der Waals surface area contributed by atoms with Gasteiger partial charge >= 0.3 is 6.09 Å². The van der Waals surface area contributed by atoms with Gasteiger partial charge in [0.2, 0.25) is 5.95 Å². The number of amides is 1. The van der Waals surface area contributed by atoms with E-state index in [0.717, 1.165) is 36.6 Å². The number of carbonyl (C=O) groups is 2. The molecule has 1 saturated heterocycles. The third kappa shape index (κ3) is 6.90. The summed E-state index contributed by atoms with van der Waals surface area (Å²) >= 11 is 1.32. The summed E-state index contributed by atoms with van der Waals surface area (Å²) in [4.78, 5) is 46.3. The minimum atomic E-state index is -0.528. The third-order valence-electron chi connectivity index (χ3n) is 7.67. The molecule has 1 N–H and O–H groups in total. The second-order valence-corrected chi connectivity index (χ2v) is 13.2.